The molecule has 3 heterocycles. The van der Waals surface area contributed by atoms with Gasteiger partial charge in [0.2, 0.25) is 0 Å². The average Bonchev–Trinajstić information content (AvgIpc) is 3.16. The van der Waals surface area contributed by atoms with Crippen LogP contribution in [0.1, 0.15) is 44.9 Å². The normalized spacial score (nSPS) is 28.7. The molecule has 0 aromatic rings. The Balaban J connectivity index is 0.00000225. The first-order valence-corrected chi connectivity index (χ1v) is 9.65. The predicted molar refractivity (Wildman–Crippen MR) is 110 cm³/mol. The number of nitrogens with one attached hydrogen (secondary N) is 1. The first-order chi connectivity index (χ1) is 11.8. The molecule has 3 saturated heterocycles. The number of rotatable bonds is 5. The van der Waals surface area contributed by atoms with E-state index in [0.717, 1.165) is 71.1 Å². The third-order valence-corrected chi connectivity index (χ3v) is 5.26. The smallest absolute Gasteiger partial charge is 0.193 e. The van der Waals surface area contributed by atoms with E-state index in [4.69, 9.17) is 14.2 Å². The third-order valence-electron chi connectivity index (χ3n) is 5.26. The minimum absolute atomic E-state index is 0. The van der Waals surface area contributed by atoms with Gasteiger partial charge in [0.1, 0.15) is 0 Å². The molecule has 0 radical (unpaired) electrons. The van der Waals surface area contributed by atoms with Crippen LogP contribution in [0.15, 0.2) is 4.99 Å². The molecule has 3 aliphatic heterocycles. The number of hydrogen-bond donors (Lipinski definition) is 1. The van der Waals surface area contributed by atoms with Crippen molar-refractivity contribution in [3.63, 3.8) is 0 Å². The lowest BCUT2D eigenvalue weighted by atomic mass is 10.1. The highest BCUT2D eigenvalue weighted by Crippen LogP contribution is 2.18. The summed E-state index contributed by atoms with van der Waals surface area (Å²) in [6.07, 6.45) is 9.12. The van der Waals surface area contributed by atoms with Gasteiger partial charge in [-0.05, 0) is 44.9 Å². The molecule has 2 unspecified atom stereocenters. The van der Waals surface area contributed by atoms with Crippen LogP contribution in [0.3, 0.4) is 0 Å². The number of likely N-dealkylation sites (tertiary alicyclic amines) is 1. The minimum atomic E-state index is 0. The highest BCUT2D eigenvalue weighted by molar-refractivity contribution is 14.0. The standard InChI is InChI=1S/C18H33N3O3.HI/c1-19-18(20-13-16-6-4-12-22-16)21-9-7-15(8-10-21)24-14-17-5-2-3-11-23-17;/h15-17H,2-14H2,1H3,(H,19,20);1H. The van der Waals surface area contributed by atoms with Gasteiger partial charge in [0.25, 0.3) is 0 Å². The SMILES string of the molecule is CN=C(NCC1CCCO1)N1CCC(OCC2CCCCO2)CC1.I. The Morgan fingerprint density at radius 2 is 1.76 bits per heavy atom. The number of guanidine groups is 1. The lowest BCUT2D eigenvalue weighted by Crippen LogP contribution is -2.48. The topological polar surface area (TPSA) is 55.3 Å². The summed E-state index contributed by atoms with van der Waals surface area (Å²) in [6.45, 7) is 5.43. The van der Waals surface area contributed by atoms with Crippen LogP contribution in [0, 0.1) is 0 Å². The van der Waals surface area contributed by atoms with Gasteiger partial charge in [0, 0.05) is 39.9 Å². The monoisotopic (exact) mass is 467 g/mol. The zero-order valence-electron chi connectivity index (χ0n) is 15.5. The van der Waals surface area contributed by atoms with E-state index in [2.05, 4.69) is 15.2 Å². The minimum Gasteiger partial charge on any atom is -0.376 e. The lowest BCUT2D eigenvalue weighted by Gasteiger charge is -2.35. The molecular formula is C18H34IN3O3. The Kier molecular flexibility index (Phi) is 9.80. The van der Waals surface area contributed by atoms with Crippen molar-refractivity contribution in [3.8, 4) is 0 Å². The van der Waals surface area contributed by atoms with E-state index in [1.54, 1.807) is 0 Å². The summed E-state index contributed by atoms with van der Waals surface area (Å²) < 4.78 is 17.5. The third kappa shape index (κ3) is 6.84. The summed E-state index contributed by atoms with van der Waals surface area (Å²) in [5.74, 6) is 1.000. The highest BCUT2D eigenvalue weighted by Gasteiger charge is 2.24. The molecular weight excluding hydrogens is 433 g/mol. The van der Waals surface area contributed by atoms with Crippen LogP contribution < -0.4 is 5.32 Å². The zero-order valence-corrected chi connectivity index (χ0v) is 17.8. The summed E-state index contributed by atoms with van der Waals surface area (Å²) in [5, 5.41) is 3.47. The second-order valence-corrected chi connectivity index (χ2v) is 7.07. The van der Waals surface area contributed by atoms with E-state index in [0.29, 0.717) is 18.3 Å². The van der Waals surface area contributed by atoms with E-state index in [1.807, 2.05) is 7.05 Å². The van der Waals surface area contributed by atoms with Gasteiger partial charge in [0.15, 0.2) is 5.96 Å². The number of halogens is 1. The van der Waals surface area contributed by atoms with Crippen LogP contribution in [-0.2, 0) is 14.2 Å². The van der Waals surface area contributed by atoms with Crippen molar-refractivity contribution >= 4 is 29.9 Å². The fourth-order valence-electron chi connectivity index (χ4n) is 3.76. The number of piperidine rings is 1. The van der Waals surface area contributed by atoms with Gasteiger partial charge in [-0.3, -0.25) is 4.99 Å². The number of aliphatic imine (C=N–C) groups is 1. The molecule has 2 atom stereocenters. The number of nitrogens with zero attached hydrogens (tertiary/aromatic N) is 2. The van der Waals surface area contributed by atoms with Crippen LogP contribution in [0.25, 0.3) is 0 Å². The van der Waals surface area contributed by atoms with Crippen molar-refractivity contribution in [1.82, 2.24) is 10.2 Å². The Labute approximate surface area is 169 Å². The number of ether oxygens (including phenoxy) is 3. The van der Waals surface area contributed by atoms with Crippen molar-refractivity contribution in [1.29, 1.82) is 0 Å². The molecule has 3 fully saturated rings. The Bertz CT molecular complexity index is 391. The quantitative estimate of drug-likeness (QED) is 0.383. The fraction of sp³-hybridized carbons (Fsp3) is 0.944. The molecule has 7 heteroatoms. The van der Waals surface area contributed by atoms with E-state index >= 15 is 0 Å². The van der Waals surface area contributed by atoms with Gasteiger partial charge in [0.05, 0.1) is 24.9 Å². The van der Waals surface area contributed by atoms with E-state index in [-0.39, 0.29) is 24.0 Å². The largest absolute Gasteiger partial charge is 0.376 e. The summed E-state index contributed by atoms with van der Waals surface area (Å²) in [5.41, 5.74) is 0. The van der Waals surface area contributed by atoms with Crippen molar-refractivity contribution in [2.24, 2.45) is 4.99 Å². The van der Waals surface area contributed by atoms with Gasteiger partial charge < -0.3 is 24.4 Å². The molecule has 6 nitrogen and oxygen atoms in total. The molecule has 0 amide bonds. The molecule has 0 aliphatic carbocycles. The molecule has 0 aromatic carbocycles. The van der Waals surface area contributed by atoms with Crippen LogP contribution in [-0.4, -0.2) is 75.7 Å². The maximum atomic E-state index is 6.09. The van der Waals surface area contributed by atoms with Crippen molar-refractivity contribution in [2.45, 2.75) is 63.3 Å². The van der Waals surface area contributed by atoms with Gasteiger partial charge in [-0.1, -0.05) is 0 Å². The molecule has 3 aliphatic rings. The van der Waals surface area contributed by atoms with E-state index in [1.165, 1.54) is 19.3 Å². The first kappa shape index (κ1) is 21.2. The summed E-state index contributed by atoms with van der Waals surface area (Å²) >= 11 is 0. The van der Waals surface area contributed by atoms with Crippen molar-refractivity contribution in [2.75, 3.05) is 46.5 Å². The van der Waals surface area contributed by atoms with Crippen molar-refractivity contribution < 1.29 is 14.2 Å². The Morgan fingerprint density at radius 3 is 2.40 bits per heavy atom. The van der Waals surface area contributed by atoms with Gasteiger partial charge in [-0.25, -0.2) is 0 Å². The first-order valence-electron chi connectivity index (χ1n) is 9.65. The molecule has 0 spiro atoms. The molecule has 3 rings (SSSR count). The van der Waals surface area contributed by atoms with Crippen molar-refractivity contribution in [3.05, 3.63) is 0 Å². The maximum absolute atomic E-state index is 6.09. The second-order valence-electron chi connectivity index (χ2n) is 7.07. The summed E-state index contributed by atoms with van der Waals surface area (Å²) in [6, 6.07) is 0. The van der Waals surface area contributed by atoms with Crippen LogP contribution >= 0.6 is 24.0 Å². The van der Waals surface area contributed by atoms with Crippen LogP contribution in [0.5, 0.6) is 0 Å². The summed E-state index contributed by atoms with van der Waals surface area (Å²) in [7, 11) is 1.86. The molecule has 146 valence electrons. The summed E-state index contributed by atoms with van der Waals surface area (Å²) in [4.78, 5) is 6.77. The lowest BCUT2D eigenvalue weighted by molar-refractivity contribution is -0.0721. The van der Waals surface area contributed by atoms with E-state index in [9.17, 15) is 0 Å². The molecule has 0 bridgehead atoms. The fourth-order valence-corrected chi connectivity index (χ4v) is 3.76. The molecule has 1 N–H and O–H groups in total. The molecule has 0 saturated carbocycles. The van der Waals surface area contributed by atoms with Crippen LogP contribution in [0.4, 0.5) is 0 Å². The predicted octanol–water partition coefficient (Wildman–Crippen LogP) is 2.41. The maximum Gasteiger partial charge on any atom is 0.193 e. The number of hydrogen-bond acceptors (Lipinski definition) is 4. The Hall–Kier alpha value is -0.120. The van der Waals surface area contributed by atoms with Gasteiger partial charge in [-0.2, -0.15) is 0 Å². The Morgan fingerprint density at radius 1 is 1.04 bits per heavy atom. The molecule has 25 heavy (non-hydrogen) atoms. The second kappa shape index (κ2) is 11.6. The highest BCUT2D eigenvalue weighted by atomic mass is 127. The van der Waals surface area contributed by atoms with Gasteiger partial charge in [-0.15, -0.1) is 24.0 Å². The molecule has 0 aromatic heterocycles. The van der Waals surface area contributed by atoms with E-state index < -0.39 is 0 Å². The van der Waals surface area contributed by atoms with Crippen LogP contribution in [0.2, 0.25) is 0 Å². The average molecular weight is 467 g/mol. The van der Waals surface area contributed by atoms with Gasteiger partial charge >= 0.3 is 0 Å². The zero-order chi connectivity index (χ0) is 16.6.